The van der Waals surface area contributed by atoms with Crippen LogP contribution < -0.4 is 0 Å². The van der Waals surface area contributed by atoms with Crippen molar-refractivity contribution in [2.45, 2.75) is 38.5 Å². The maximum atomic E-state index is 8.70. The largest absolute Gasteiger partial charge is 0.395 e. The van der Waals surface area contributed by atoms with E-state index in [0.29, 0.717) is 18.6 Å². The molecule has 2 atom stereocenters. The van der Waals surface area contributed by atoms with Gasteiger partial charge in [0, 0.05) is 30.5 Å². The van der Waals surface area contributed by atoms with Gasteiger partial charge in [0.1, 0.15) is 0 Å². The van der Waals surface area contributed by atoms with Crippen LogP contribution in [0.3, 0.4) is 0 Å². The van der Waals surface area contributed by atoms with Gasteiger partial charge < -0.3 is 9.84 Å². The predicted octanol–water partition coefficient (Wildman–Crippen LogP) is 2.09. The quantitative estimate of drug-likeness (QED) is 0.857. The minimum Gasteiger partial charge on any atom is -0.395 e. The summed E-state index contributed by atoms with van der Waals surface area (Å²) in [6.07, 6.45) is 1.99. The zero-order valence-corrected chi connectivity index (χ0v) is 12.4. The van der Waals surface area contributed by atoms with E-state index in [0.717, 1.165) is 24.4 Å². The molecule has 19 heavy (non-hydrogen) atoms. The molecule has 0 amide bonds. The molecular formula is C15H21NO2S. The second kappa shape index (κ2) is 7.06. The van der Waals surface area contributed by atoms with E-state index in [1.807, 2.05) is 0 Å². The van der Waals surface area contributed by atoms with E-state index in [-0.39, 0.29) is 6.61 Å². The van der Waals surface area contributed by atoms with Crippen molar-refractivity contribution in [1.82, 2.24) is 4.90 Å². The average molecular weight is 279 g/mol. The fourth-order valence-corrected chi connectivity index (χ4v) is 3.34. The summed E-state index contributed by atoms with van der Waals surface area (Å²) in [5.41, 5.74) is 0. The molecule has 104 valence electrons. The first kappa shape index (κ1) is 14.5. The molecule has 1 aliphatic rings. The van der Waals surface area contributed by atoms with Crippen molar-refractivity contribution >= 4 is 11.3 Å². The standard InChI is InChI=1S/C15H21NO2S/c1-12-15(8-10-18-12)16(2)11-14-7-6-13(19-14)5-3-4-9-17/h6-7,12,15,17H,4,8-11H2,1-2H3. The number of hydrogen-bond acceptors (Lipinski definition) is 4. The molecule has 0 aromatic carbocycles. The number of aliphatic hydroxyl groups excluding tert-OH is 1. The normalized spacial score (nSPS) is 22.5. The van der Waals surface area contributed by atoms with Crippen LogP contribution in [0.15, 0.2) is 12.1 Å². The first-order valence-corrected chi connectivity index (χ1v) is 7.52. The van der Waals surface area contributed by atoms with Crippen LogP contribution >= 0.6 is 11.3 Å². The first-order valence-electron chi connectivity index (χ1n) is 6.71. The number of aliphatic hydroxyl groups is 1. The lowest BCUT2D eigenvalue weighted by molar-refractivity contribution is 0.0817. The molecule has 2 heterocycles. The number of rotatable bonds is 4. The fourth-order valence-electron chi connectivity index (χ4n) is 2.40. The Balaban J connectivity index is 1.91. The lowest BCUT2D eigenvalue weighted by Gasteiger charge is -2.25. The number of nitrogens with zero attached hydrogens (tertiary/aromatic N) is 1. The lowest BCUT2D eigenvalue weighted by atomic mass is 10.1. The Morgan fingerprint density at radius 2 is 2.37 bits per heavy atom. The lowest BCUT2D eigenvalue weighted by Crippen LogP contribution is -2.35. The molecule has 0 spiro atoms. The zero-order valence-electron chi connectivity index (χ0n) is 11.6. The third-order valence-electron chi connectivity index (χ3n) is 3.42. The molecule has 4 heteroatoms. The van der Waals surface area contributed by atoms with Gasteiger partial charge in [-0.2, -0.15) is 0 Å². The van der Waals surface area contributed by atoms with Gasteiger partial charge in [0.2, 0.25) is 0 Å². The summed E-state index contributed by atoms with van der Waals surface area (Å²) in [7, 11) is 2.16. The Morgan fingerprint density at radius 1 is 1.53 bits per heavy atom. The van der Waals surface area contributed by atoms with Gasteiger partial charge in [-0.05, 0) is 32.5 Å². The molecule has 1 aromatic heterocycles. The minimum absolute atomic E-state index is 0.132. The molecule has 1 fully saturated rings. The van der Waals surface area contributed by atoms with Crippen LogP contribution in [0.2, 0.25) is 0 Å². The van der Waals surface area contributed by atoms with Gasteiger partial charge in [-0.1, -0.05) is 11.8 Å². The summed E-state index contributed by atoms with van der Waals surface area (Å²) in [6.45, 7) is 4.10. The summed E-state index contributed by atoms with van der Waals surface area (Å²) in [5, 5.41) is 8.70. The van der Waals surface area contributed by atoms with E-state index in [4.69, 9.17) is 9.84 Å². The van der Waals surface area contributed by atoms with Crippen molar-refractivity contribution in [3.63, 3.8) is 0 Å². The van der Waals surface area contributed by atoms with Gasteiger partial charge in [0.05, 0.1) is 17.6 Å². The van der Waals surface area contributed by atoms with Gasteiger partial charge in [-0.15, -0.1) is 11.3 Å². The average Bonchev–Trinajstić information content (AvgIpc) is 2.99. The first-order chi connectivity index (χ1) is 9.20. The Kier molecular flexibility index (Phi) is 5.41. The van der Waals surface area contributed by atoms with Gasteiger partial charge in [0.25, 0.3) is 0 Å². The van der Waals surface area contributed by atoms with E-state index in [1.165, 1.54) is 4.88 Å². The Bertz CT molecular complexity index is 460. The molecule has 1 N–H and O–H groups in total. The second-order valence-electron chi connectivity index (χ2n) is 4.89. The van der Waals surface area contributed by atoms with Crippen molar-refractivity contribution in [3.05, 3.63) is 21.9 Å². The summed E-state index contributed by atoms with van der Waals surface area (Å²) in [5.74, 6) is 6.04. The summed E-state index contributed by atoms with van der Waals surface area (Å²) < 4.78 is 5.61. The molecule has 0 radical (unpaired) electrons. The maximum Gasteiger partial charge on any atom is 0.0771 e. The Morgan fingerprint density at radius 3 is 3.05 bits per heavy atom. The van der Waals surface area contributed by atoms with E-state index < -0.39 is 0 Å². The van der Waals surface area contributed by atoms with Crippen LogP contribution in [0.4, 0.5) is 0 Å². The van der Waals surface area contributed by atoms with E-state index >= 15 is 0 Å². The van der Waals surface area contributed by atoms with Gasteiger partial charge in [-0.3, -0.25) is 4.90 Å². The molecule has 0 bridgehead atoms. The molecule has 1 aliphatic heterocycles. The van der Waals surface area contributed by atoms with Crippen LogP contribution in [0, 0.1) is 11.8 Å². The second-order valence-corrected chi connectivity index (χ2v) is 6.06. The number of thiophene rings is 1. The van der Waals surface area contributed by atoms with Gasteiger partial charge in [0.15, 0.2) is 0 Å². The van der Waals surface area contributed by atoms with Crippen LogP contribution in [-0.4, -0.2) is 42.4 Å². The maximum absolute atomic E-state index is 8.70. The highest BCUT2D eigenvalue weighted by molar-refractivity contribution is 7.12. The highest BCUT2D eigenvalue weighted by Gasteiger charge is 2.27. The highest BCUT2D eigenvalue weighted by Crippen LogP contribution is 2.23. The summed E-state index contributed by atoms with van der Waals surface area (Å²) >= 11 is 1.73. The molecule has 2 rings (SSSR count). The van der Waals surface area contributed by atoms with Crippen LogP contribution in [0.25, 0.3) is 0 Å². The number of likely N-dealkylation sites (N-methyl/N-ethyl adjacent to an activating group) is 1. The highest BCUT2D eigenvalue weighted by atomic mass is 32.1. The van der Waals surface area contributed by atoms with Gasteiger partial charge >= 0.3 is 0 Å². The molecule has 2 unspecified atom stereocenters. The number of ether oxygens (including phenoxy) is 1. The zero-order chi connectivity index (χ0) is 13.7. The molecule has 1 saturated heterocycles. The third kappa shape index (κ3) is 4.05. The molecule has 1 aromatic rings. The smallest absolute Gasteiger partial charge is 0.0771 e. The van der Waals surface area contributed by atoms with E-state index in [1.54, 1.807) is 11.3 Å². The molecular weight excluding hydrogens is 258 g/mol. The van der Waals surface area contributed by atoms with Crippen molar-refractivity contribution in [1.29, 1.82) is 0 Å². The van der Waals surface area contributed by atoms with Crippen molar-refractivity contribution in [2.75, 3.05) is 20.3 Å². The molecule has 0 aliphatic carbocycles. The van der Waals surface area contributed by atoms with Gasteiger partial charge in [-0.25, -0.2) is 0 Å². The topological polar surface area (TPSA) is 32.7 Å². The number of hydrogen-bond donors (Lipinski definition) is 1. The predicted molar refractivity (Wildman–Crippen MR) is 78.2 cm³/mol. The third-order valence-corrected chi connectivity index (χ3v) is 4.40. The Hall–Kier alpha value is -0.860. The van der Waals surface area contributed by atoms with Crippen molar-refractivity contribution < 1.29 is 9.84 Å². The minimum atomic E-state index is 0.132. The van der Waals surface area contributed by atoms with Crippen LogP contribution in [-0.2, 0) is 11.3 Å². The van der Waals surface area contributed by atoms with Crippen molar-refractivity contribution in [2.24, 2.45) is 0 Å². The Labute approximate surface area is 119 Å². The summed E-state index contributed by atoms with van der Waals surface area (Å²) in [4.78, 5) is 4.77. The SMILES string of the molecule is CC1OCCC1N(C)Cc1ccc(C#CCCO)s1. The van der Waals surface area contributed by atoms with Crippen LogP contribution in [0.1, 0.15) is 29.5 Å². The van der Waals surface area contributed by atoms with Crippen molar-refractivity contribution in [3.8, 4) is 11.8 Å². The monoisotopic (exact) mass is 279 g/mol. The van der Waals surface area contributed by atoms with E-state index in [2.05, 4.69) is 42.8 Å². The summed E-state index contributed by atoms with van der Waals surface area (Å²) in [6, 6.07) is 4.73. The van der Waals surface area contributed by atoms with E-state index in [9.17, 15) is 0 Å². The molecule has 3 nitrogen and oxygen atoms in total. The molecule has 0 saturated carbocycles. The van der Waals surface area contributed by atoms with Crippen LogP contribution in [0.5, 0.6) is 0 Å². The fraction of sp³-hybridized carbons (Fsp3) is 0.600.